The number of nitrogens with zero attached hydrogens (tertiary/aromatic N) is 2. The Labute approximate surface area is 106 Å². The third-order valence-corrected chi connectivity index (χ3v) is 2.09. The zero-order chi connectivity index (χ0) is 14.0. The Balaban J connectivity index is 0.000000331. The van der Waals surface area contributed by atoms with Crippen LogP contribution in [0.2, 0.25) is 0 Å². The number of nitrogens with one attached hydrogen (secondary N) is 1. The second-order valence-corrected chi connectivity index (χ2v) is 3.31. The van der Waals surface area contributed by atoms with Crippen molar-refractivity contribution >= 4 is 17.9 Å². The van der Waals surface area contributed by atoms with E-state index in [4.69, 9.17) is 10.2 Å². The Bertz CT molecular complexity index is 319. The highest BCUT2D eigenvalue weighted by molar-refractivity contribution is 5.89. The summed E-state index contributed by atoms with van der Waals surface area (Å²) >= 11 is 0. The smallest absolute Gasteiger partial charge is 0.328 e. The molecule has 0 aromatic heterocycles. The fourth-order valence-electron chi connectivity index (χ4n) is 1.26. The van der Waals surface area contributed by atoms with Crippen LogP contribution in [0.5, 0.6) is 0 Å². The van der Waals surface area contributed by atoms with Crippen LogP contribution in [0.25, 0.3) is 0 Å². The van der Waals surface area contributed by atoms with Crippen molar-refractivity contribution in [1.29, 1.82) is 0 Å². The fraction of sp³-hybridized carbons (Fsp3) is 0.545. The second kappa shape index (κ2) is 9.03. The lowest BCUT2D eigenvalue weighted by atomic mass is 10.5. The second-order valence-electron chi connectivity index (χ2n) is 3.31. The van der Waals surface area contributed by atoms with Gasteiger partial charge in [0.25, 0.3) is 0 Å². The third-order valence-electron chi connectivity index (χ3n) is 2.09. The number of carboxylic acids is 2. The number of guanidine groups is 1. The van der Waals surface area contributed by atoms with Crippen LogP contribution in [0.15, 0.2) is 17.1 Å². The molecule has 102 valence electrons. The van der Waals surface area contributed by atoms with Crippen LogP contribution in [-0.4, -0.2) is 59.2 Å². The van der Waals surface area contributed by atoms with E-state index in [2.05, 4.69) is 29.1 Å². The van der Waals surface area contributed by atoms with E-state index in [0.29, 0.717) is 12.2 Å². The van der Waals surface area contributed by atoms with Crippen molar-refractivity contribution in [3.8, 4) is 0 Å². The van der Waals surface area contributed by atoms with Crippen LogP contribution in [-0.2, 0) is 9.59 Å². The molecule has 0 saturated heterocycles. The van der Waals surface area contributed by atoms with Crippen LogP contribution in [0.4, 0.5) is 0 Å². The van der Waals surface area contributed by atoms with Crippen LogP contribution >= 0.6 is 0 Å². The first kappa shape index (κ1) is 16.0. The van der Waals surface area contributed by atoms with Crippen molar-refractivity contribution in [2.45, 2.75) is 13.8 Å². The summed E-state index contributed by atoms with van der Waals surface area (Å²) in [5.74, 6) is -1.44. The molecule has 3 N–H and O–H groups in total. The molecule has 0 bridgehead atoms. The van der Waals surface area contributed by atoms with Crippen molar-refractivity contribution in [3.63, 3.8) is 0 Å². The first-order valence-corrected chi connectivity index (χ1v) is 5.68. The maximum absolute atomic E-state index is 9.55. The van der Waals surface area contributed by atoms with Crippen molar-refractivity contribution in [1.82, 2.24) is 10.2 Å². The zero-order valence-corrected chi connectivity index (χ0v) is 10.6. The van der Waals surface area contributed by atoms with Gasteiger partial charge in [-0.15, -0.1) is 0 Å². The molecule has 0 aromatic rings. The largest absolute Gasteiger partial charge is 0.478 e. The minimum atomic E-state index is -1.26. The Morgan fingerprint density at radius 3 is 2.06 bits per heavy atom. The number of aliphatic carboxylic acids is 2. The van der Waals surface area contributed by atoms with Crippen LogP contribution in [0, 0.1) is 0 Å². The lowest BCUT2D eigenvalue weighted by Crippen LogP contribution is -2.38. The van der Waals surface area contributed by atoms with Gasteiger partial charge in [0.15, 0.2) is 5.96 Å². The summed E-state index contributed by atoms with van der Waals surface area (Å²) in [6.07, 6.45) is 1.12. The van der Waals surface area contributed by atoms with Gasteiger partial charge in [-0.1, -0.05) is 0 Å². The Kier molecular flexibility index (Phi) is 8.00. The monoisotopic (exact) mass is 257 g/mol. The first-order valence-electron chi connectivity index (χ1n) is 5.68. The average Bonchev–Trinajstić information content (AvgIpc) is 2.83. The van der Waals surface area contributed by atoms with Gasteiger partial charge >= 0.3 is 11.9 Å². The number of hydrogen-bond donors (Lipinski definition) is 3. The molecule has 1 aliphatic rings. The van der Waals surface area contributed by atoms with Crippen molar-refractivity contribution in [2.75, 3.05) is 26.2 Å². The highest BCUT2D eigenvalue weighted by Crippen LogP contribution is 1.93. The number of carboxylic acid groups (broad SMARTS) is 2. The number of hydrogen-bond acceptors (Lipinski definition) is 5. The number of carbonyl (C=O) groups is 2. The molecule has 18 heavy (non-hydrogen) atoms. The van der Waals surface area contributed by atoms with Gasteiger partial charge in [-0.3, -0.25) is 4.99 Å². The normalized spacial score (nSPS) is 13.3. The predicted molar refractivity (Wildman–Crippen MR) is 67.6 cm³/mol. The van der Waals surface area contributed by atoms with Gasteiger partial charge in [-0.05, 0) is 13.8 Å². The maximum atomic E-state index is 9.55. The standard InChI is InChI=1S/C7H15N3.C4H4O4/c1-3-10(4-2)7-8-5-6-9-7;5-3(6)1-2-4(7)8/h3-6H2,1-2H3,(H,8,9);1-2H,(H,5,6)(H,7,8)/b;2-1-. The molecule has 0 amide bonds. The number of aliphatic imine (C=N–C) groups is 1. The molecule has 0 aliphatic carbocycles. The first-order chi connectivity index (χ1) is 8.51. The summed E-state index contributed by atoms with van der Waals surface area (Å²) in [7, 11) is 0. The molecule has 0 saturated carbocycles. The van der Waals surface area contributed by atoms with E-state index < -0.39 is 11.9 Å². The molecule has 0 aromatic carbocycles. The van der Waals surface area contributed by atoms with Crippen LogP contribution in [0.1, 0.15) is 13.8 Å². The van der Waals surface area contributed by atoms with Gasteiger partial charge < -0.3 is 20.4 Å². The minimum Gasteiger partial charge on any atom is -0.478 e. The van der Waals surface area contributed by atoms with Gasteiger partial charge in [0.05, 0.1) is 6.54 Å². The van der Waals surface area contributed by atoms with Gasteiger partial charge in [0, 0.05) is 31.8 Å². The van der Waals surface area contributed by atoms with Crippen molar-refractivity contribution in [2.24, 2.45) is 4.99 Å². The average molecular weight is 257 g/mol. The predicted octanol–water partition coefficient (Wildman–Crippen LogP) is -0.000800. The van der Waals surface area contributed by atoms with Crippen LogP contribution in [0.3, 0.4) is 0 Å². The van der Waals surface area contributed by atoms with E-state index in [1.165, 1.54) is 0 Å². The fourth-order valence-corrected chi connectivity index (χ4v) is 1.26. The molecule has 7 heteroatoms. The molecular weight excluding hydrogens is 238 g/mol. The molecule has 1 heterocycles. The molecule has 0 spiro atoms. The van der Waals surface area contributed by atoms with Crippen LogP contribution < -0.4 is 5.32 Å². The molecule has 0 fully saturated rings. The van der Waals surface area contributed by atoms with Crippen molar-refractivity contribution < 1.29 is 19.8 Å². The van der Waals surface area contributed by atoms with Gasteiger partial charge in [-0.2, -0.15) is 0 Å². The summed E-state index contributed by atoms with van der Waals surface area (Å²) in [5.41, 5.74) is 0. The van der Waals surface area contributed by atoms with E-state index in [0.717, 1.165) is 32.1 Å². The Hall–Kier alpha value is -2.05. The van der Waals surface area contributed by atoms with Gasteiger partial charge in [0.1, 0.15) is 0 Å². The highest BCUT2D eigenvalue weighted by Gasteiger charge is 2.09. The van der Waals surface area contributed by atoms with E-state index in [-0.39, 0.29) is 0 Å². The lowest BCUT2D eigenvalue weighted by molar-refractivity contribution is -0.134. The van der Waals surface area contributed by atoms with E-state index in [1.807, 2.05) is 0 Å². The topological polar surface area (TPSA) is 102 Å². The SMILES string of the molecule is CCN(CC)C1=NCCN1.O=C(O)/C=C\C(=O)O. The molecule has 1 rings (SSSR count). The maximum Gasteiger partial charge on any atom is 0.328 e. The highest BCUT2D eigenvalue weighted by atomic mass is 16.4. The zero-order valence-electron chi connectivity index (χ0n) is 10.6. The Morgan fingerprint density at radius 2 is 1.78 bits per heavy atom. The van der Waals surface area contributed by atoms with Gasteiger partial charge in [-0.25, -0.2) is 9.59 Å². The Morgan fingerprint density at radius 1 is 1.28 bits per heavy atom. The number of rotatable bonds is 4. The molecule has 0 atom stereocenters. The van der Waals surface area contributed by atoms with Gasteiger partial charge in [0.2, 0.25) is 0 Å². The molecule has 1 aliphatic heterocycles. The molecule has 0 unspecified atom stereocenters. The summed E-state index contributed by atoms with van der Waals surface area (Å²) in [5, 5.41) is 18.9. The summed E-state index contributed by atoms with van der Waals surface area (Å²) in [6, 6.07) is 0. The molecule has 0 radical (unpaired) electrons. The van der Waals surface area contributed by atoms with E-state index >= 15 is 0 Å². The quantitative estimate of drug-likeness (QED) is 0.613. The molecular formula is C11H19N3O4. The lowest BCUT2D eigenvalue weighted by Gasteiger charge is -2.19. The summed E-state index contributed by atoms with van der Waals surface area (Å²) in [4.78, 5) is 25.6. The summed E-state index contributed by atoms with van der Waals surface area (Å²) in [6.45, 7) is 8.32. The third kappa shape index (κ3) is 7.26. The van der Waals surface area contributed by atoms with Crippen molar-refractivity contribution in [3.05, 3.63) is 12.2 Å². The molecule has 7 nitrogen and oxygen atoms in total. The minimum absolute atomic E-state index is 0.558. The van der Waals surface area contributed by atoms with E-state index in [9.17, 15) is 9.59 Å². The summed E-state index contributed by atoms with van der Waals surface area (Å²) < 4.78 is 0. The van der Waals surface area contributed by atoms with E-state index in [1.54, 1.807) is 0 Å².